The van der Waals surface area contributed by atoms with Crippen molar-refractivity contribution in [3.63, 3.8) is 0 Å². The molecule has 0 saturated carbocycles. The van der Waals surface area contributed by atoms with Crippen molar-refractivity contribution < 1.29 is 4.74 Å². The Hall–Kier alpha value is -2.09. The van der Waals surface area contributed by atoms with Crippen LogP contribution in [0, 0.1) is 0 Å². The molecule has 2 aromatic rings. The fraction of sp³-hybridized carbons (Fsp3) is 0.133. The van der Waals surface area contributed by atoms with Gasteiger partial charge in [0.25, 0.3) is 0 Å². The Morgan fingerprint density at radius 3 is 2.47 bits per heavy atom. The first kappa shape index (κ1) is 11.4. The predicted octanol–water partition coefficient (Wildman–Crippen LogP) is 3.84. The van der Waals surface area contributed by atoms with Crippen LogP contribution in [0.3, 0.4) is 0 Å². The van der Waals surface area contributed by atoms with E-state index >= 15 is 0 Å². The normalized spacial score (nSPS) is 10.6. The molecular formula is C15H15NO. The zero-order valence-electron chi connectivity index (χ0n) is 9.84. The van der Waals surface area contributed by atoms with Gasteiger partial charge in [-0.3, -0.25) is 4.99 Å². The number of rotatable bonds is 4. The summed E-state index contributed by atoms with van der Waals surface area (Å²) in [6, 6.07) is 17.8. The van der Waals surface area contributed by atoms with E-state index in [0.29, 0.717) is 6.61 Å². The molecule has 0 bridgehead atoms. The Balaban J connectivity index is 2.21. The second-order valence-electron chi connectivity index (χ2n) is 3.57. The lowest BCUT2D eigenvalue weighted by Gasteiger charge is -2.05. The van der Waals surface area contributed by atoms with E-state index in [1.807, 2.05) is 67.7 Å². The van der Waals surface area contributed by atoms with Crippen LogP contribution in [0.1, 0.15) is 12.5 Å². The number of aliphatic imine (C=N–C) groups is 1. The second-order valence-corrected chi connectivity index (χ2v) is 3.57. The summed E-state index contributed by atoms with van der Waals surface area (Å²) in [5.74, 6) is 0.821. The summed E-state index contributed by atoms with van der Waals surface area (Å²) in [7, 11) is 0. The highest BCUT2D eigenvalue weighted by Crippen LogP contribution is 2.26. The number of nitrogens with zero attached hydrogens (tertiary/aromatic N) is 1. The van der Waals surface area contributed by atoms with E-state index in [0.717, 1.165) is 17.0 Å². The van der Waals surface area contributed by atoms with Gasteiger partial charge >= 0.3 is 0 Å². The third-order valence-corrected chi connectivity index (χ3v) is 2.32. The summed E-state index contributed by atoms with van der Waals surface area (Å²) in [5.41, 5.74) is 1.94. The quantitative estimate of drug-likeness (QED) is 0.724. The lowest BCUT2D eigenvalue weighted by molar-refractivity contribution is 0.341. The minimum atomic E-state index is 0.651. The molecule has 0 fully saturated rings. The van der Waals surface area contributed by atoms with Crippen LogP contribution < -0.4 is 4.74 Å². The molecule has 0 aliphatic carbocycles. The van der Waals surface area contributed by atoms with E-state index in [1.165, 1.54) is 0 Å². The van der Waals surface area contributed by atoms with Gasteiger partial charge in [-0.05, 0) is 24.6 Å². The molecule has 0 aliphatic rings. The zero-order valence-corrected chi connectivity index (χ0v) is 9.84. The van der Waals surface area contributed by atoms with Crippen LogP contribution in [-0.4, -0.2) is 12.8 Å². The summed E-state index contributed by atoms with van der Waals surface area (Å²) in [5, 5.41) is 0. The van der Waals surface area contributed by atoms with Gasteiger partial charge in [-0.25, -0.2) is 0 Å². The van der Waals surface area contributed by atoms with Crippen LogP contribution >= 0.6 is 0 Å². The summed E-state index contributed by atoms with van der Waals surface area (Å²) in [4.78, 5) is 4.45. The third kappa shape index (κ3) is 3.18. The monoisotopic (exact) mass is 225 g/mol. The highest BCUT2D eigenvalue weighted by molar-refractivity contribution is 5.82. The Labute approximate surface area is 102 Å². The zero-order chi connectivity index (χ0) is 11.9. The lowest BCUT2D eigenvalue weighted by Crippen LogP contribution is -1.91. The van der Waals surface area contributed by atoms with E-state index < -0.39 is 0 Å². The molecule has 0 radical (unpaired) electrons. The molecule has 86 valence electrons. The van der Waals surface area contributed by atoms with Gasteiger partial charge in [-0.15, -0.1) is 0 Å². The van der Waals surface area contributed by atoms with Gasteiger partial charge in [0.15, 0.2) is 0 Å². The SMILES string of the molecule is CCOc1ccccc1N=Cc1ccccc1. The van der Waals surface area contributed by atoms with Gasteiger partial charge in [0.05, 0.1) is 6.61 Å². The standard InChI is InChI=1S/C15H15NO/c1-2-17-15-11-7-6-10-14(15)16-12-13-8-4-3-5-9-13/h3-12H,2H2,1H3. The third-order valence-electron chi connectivity index (χ3n) is 2.32. The van der Waals surface area contributed by atoms with Gasteiger partial charge in [-0.2, -0.15) is 0 Å². The molecule has 17 heavy (non-hydrogen) atoms. The molecule has 2 nitrogen and oxygen atoms in total. The highest BCUT2D eigenvalue weighted by Gasteiger charge is 1.98. The predicted molar refractivity (Wildman–Crippen MR) is 71.3 cm³/mol. The lowest BCUT2D eigenvalue weighted by atomic mass is 10.2. The average molecular weight is 225 g/mol. The molecule has 0 N–H and O–H groups in total. The Morgan fingerprint density at radius 2 is 1.71 bits per heavy atom. The number of para-hydroxylation sites is 2. The molecular weight excluding hydrogens is 210 g/mol. The first-order chi connectivity index (χ1) is 8.40. The van der Waals surface area contributed by atoms with E-state index in [9.17, 15) is 0 Å². The summed E-state index contributed by atoms with van der Waals surface area (Å²) in [6.45, 7) is 2.62. The van der Waals surface area contributed by atoms with Gasteiger partial charge < -0.3 is 4.74 Å². The Bertz CT molecular complexity index is 491. The van der Waals surface area contributed by atoms with Crippen LogP contribution in [0.15, 0.2) is 59.6 Å². The molecule has 0 saturated heterocycles. The molecule has 2 heteroatoms. The smallest absolute Gasteiger partial charge is 0.144 e. The molecule has 0 aliphatic heterocycles. The van der Waals surface area contributed by atoms with Crippen LogP contribution in [0.5, 0.6) is 5.75 Å². The maximum absolute atomic E-state index is 5.51. The van der Waals surface area contributed by atoms with Crippen molar-refractivity contribution in [1.82, 2.24) is 0 Å². The van der Waals surface area contributed by atoms with Crippen LogP contribution in [0.2, 0.25) is 0 Å². The number of ether oxygens (including phenoxy) is 1. The molecule has 0 aromatic heterocycles. The van der Waals surface area contributed by atoms with Crippen molar-refractivity contribution in [2.45, 2.75) is 6.92 Å². The first-order valence-electron chi connectivity index (χ1n) is 5.71. The van der Waals surface area contributed by atoms with Gasteiger partial charge in [0.2, 0.25) is 0 Å². The van der Waals surface area contributed by atoms with E-state index in [4.69, 9.17) is 4.74 Å². The van der Waals surface area contributed by atoms with Gasteiger partial charge in [0.1, 0.15) is 11.4 Å². The fourth-order valence-electron chi connectivity index (χ4n) is 1.52. The molecule has 0 atom stereocenters. The number of hydrogen-bond donors (Lipinski definition) is 0. The van der Waals surface area contributed by atoms with E-state index in [1.54, 1.807) is 0 Å². The van der Waals surface area contributed by atoms with Crippen molar-refractivity contribution in [1.29, 1.82) is 0 Å². The summed E-state index contributed by atoms with van der Waals surface area (Å²) in [6.07, 6.45) is 1.85. The molecule has 0 unspecified atom stereocenters. The molecule has 2 aromatic carbocycles. The molecule has 0 amide bonds. The fourth-order valence-corrected chi connectivity index (χ4v) is 1.52. The van der Waals surface area contributed by atoms with Gasteiger partial charge in [0, 0.05) is 6.21 Å². The second kappa shape index (κ2) is 5.85. The molecule has 0 spiro atoms. The Kier molecular flexibility index (Phi) is 3.92. The molecule has 2 rings (SSSR count). The van der Waals surface area contributed by atoms with Crippen molar-refractivity contribution in [2.24, 2.45) is 4.99 Å². The van der Waals surface area contributed by atoms with Crippen molar-refractivity contribution in [2.75, 3.05) is 6.61 Å². The first-order valence-corrected chi connectivity index (χ1v) is 5.71. The number of hydrogen-bond acceptors (Lipinski definition) is 2. The average Bonchev–Trinajstić information content (AvgIpc) is 2.39. The maximum atomic E-state index is 5.51. The van der Waals surface area contributed by atoms with Crippen molar-refractivity contribution in [3.8, 4) is 5.75 Å². The minimum absolute atomic E-state index is 0.651. The maximum Gasteiger partial charge on any atom is 0.144 e. The van der Waals surface area contributed by atoms with E-state index in [2.05, 4.69) is 4.99 Å². The van der Waals surface area contributed by atoms with Gasteiger partial charge in [-0.1, -0.05) is 42.5 Å². The number of benzene rings is 2. The summed E-state index contributed by atoms with van der Waals surface area (Å²) >= 11 is 0. The molecule has 0 heterocycles. The van der Waals surface area contributed by atoms with Crippen LogP contribution in [-0.2, 0) is 0 Å². The highest BCUT2D eigenvalue weighted by atomic mass is 16.5. The van der Waals surface area contributed by atoms with Crippen LogP contribution in [0.4, 0.5) is 5.69 Å². The van der Waals surface area contributed by atoms with Crippen molar-refractivity contribution >= 4 is 11.9 Å². The largest absolute Gasteiger partial charge is 0.492 e. The van der Waals surface area contributed by atoms with E-state index in [-0.39, 0.29) is 0 Å². The Morgan fingerprint density at radius 1 is 1.00 bits per heavy atom. The topological polar surface area (TPSA) is 21.6 Å². The van der Waals surface area contributed by atoms with Crippen molar-refractivity contribution in [3.05, 3.63) is 60.2 Å². The van der Waals surface area contributed by atoms with Crippen LogP contribution in [0.25, 0.3) is 0 Å². The minimum Gasteiger partial charge on any atom is -0.492 e. The summed E-state index contributed by atoms with van der Waals surface area (Å²) < 4.78 is 5.51.